The number of rotatable bonds is 2. The second-order valence-corrected chi connectivity index (χ2v) is 3.38. The fourth-order valence-corrected chi connectivity index (χ4v) is 0.596. The molecule has 0 aromatic carbocycles. The van der Waals surface area contributed by atoms with E-state index in [0.717, 1.165) is 4.32 Å². The topological polar surface area (TPSA) is 12.0 Å². The lowest BCUT2D eigenvalue weighted by atomic mass is 10.6. The molecule has 1 nitrogen and oxygen atoms in total. The molecular formula is C5H8ClNS2. The Bertz CT molecular complexity index is 124. The number of halogens is 1. The highest BCUT2D eigenvalue weighted by atomic mass is 35.5. The lowest BCUT2D eigenvalue weighted by molar-refractivity contribution is 1.07. The number of nitrogens with one attached hydrogen (secondary N) is 1. The van der Waals surface area contributed by atoms with Crippen molar-refractivity contribution in [2.24, 2.45) is 0 Å². The molecule has 0 radical (unpaired) electrons. The SMILES string of the molecule is C=C(Cl)CNC(=S)SC. The molecule has 0 heterocycles. The third-order valence-electron chi connectivity index (χ3n) is 0.610. The molecular weight excluding hydrogens is 174 g/mol. The summed E-state index contributed by atoms with van der Waals surface area (Å²) in [6.07, 6.45) is 1.91. The normalized spacial score (nSPS) is 8.67. The molecule has 0 saturated heterocycles. The predicted octanol–water partition coefficient (Wildman–Crippen LogP) is 1.98. The second-order valence-electron chi connectivity index (χ2n) is 1.36. The van der Waals surface area contributed by atoms with Crippen LogP contribution in [0.3, 0.4) is 0 Å². The summed E-state index contributed by atoms with van der Waals surface area (Å²) in [4.78, 5) is 0. The Balaban J connectivity index is 3.28. The van der Waals surface area contributed by atoms with E-state index in [0.29, 0.717) is 11.6 Å². The first-order chi connectivity index (χ1) is 4.16. The van der Waals surface area contributed by atoms with Crippen LogP contribution < -0.4 is 5.32 Å². The summed E-state index contributed by atoms with van der Waals surface area (Å²) in [5.41, 5.74) is 0. The van der Waals surface area contributed by atoms with Gasteiger partial charge in [0.2, 0.25) is 0 Å². The van der Waals surface area contributed by atoms with Crippen LogP contribution in [0.4, 0.5) is 0 Å². The zero-order valence-corrected chi connectivity index (χ0v) is 7.50. The van der Waals surface area contributed by atoms with Crippen LogP contribution >= 0.6 is 35.6 Å². The lowest BCUT2D eigenvalue weighted by Crippen LogP contribution is -2.18. The monoisotopic (exact) mass is 181 g/mol. The number of hydrogen-bond donors (Lipinski definition) is 1. The van der Waals surface area contributed by atoms with Crippen LogP contribution in [0.5, 0.6) is 0 Å². The fourth-order valence-electron chi connectivity index (χ4n) is 0.240. The van der Waals surface area contributed by atoms with Crippen molar-refractivity contribution in [3.8, 4) is 0 Å². The highest BCUT2D eigenvalue weighted by Gasteiger charge is 1.90. The summed E-state index contributed by atoms with van der Waals surface area (Å²) >= 11 is 11.8. The van der Waals surface area contributed by atoms with Crippen molar-refractivity contribution in [1.29, 1.82) is 0 Å². The molecule has 4 heteroatoms. The standard InChI is InChI=1S/C5H8ClNS2/c1-4(6)3-7-5(8)9-2/h1,3H2,2H3,(H,7,8). The van der Waals surface area contributed by atoms with Gasteiger partial charge in [0.15, 0.2) is 0 Å². The summed E-state index contributed by atoms with van der Waals surface area (Å²) in [5, 5.41) is 3.47. The Morgan fingerprint density at radius 1 is 1.89 bits per heavy atom. The molecule has 0 aromatic rings. The van der Waals surface area contributed by atoms with Crippen molar-refractivity contribution in [1.82, 2.24) is 5.32 Å². The van der Waals surface area contributed by atoms with Gasteiger partial charge in [-0.3, -0.25) is 0 Å². The molecule has 0 fully saturated rings. The molecule has 0 amide bonds. The Labute approximate surface area is 69.8 Å². The smallest absolute Gasteiger partial charge is 0.133 e. The van der Waals surface area contributed by atoms with Crippen LogP contribution in [-0.4, -0.2) is 17.1 Å². The van der Waals surface area contributed by atoms with E-state index in [1.54, 1.807) is 0 Å². The summed E-state index contributed by atoms with van der Waals surface area (Å²) in [6, 6.07) is 0. The largest absolute Gasteiger partial charge is 0.366 e. The molecule has 52 valence electrons. The first-order valence-electron chi connectivity index (χ1n) is 2.32. The van der Waals surface area contributed by atoms with Gasteiger partial charge in [-0.1, -0.05) is 30.4 Å². The maximum Gasteiger partial charge on any atom is 0.133 e. The van der Waals surface area contributed by atoms with E-state index in [1.807, 2.05) is 6.26 Å². The van der Waals surface area contributed by atoms with Gasteiger partial charge in [0.25, 0.3) is 0 Å². The van der Waals surface area contributed by atoms with E-state index < -0.39 is 0 Å². The molecule has 0 bridgehead atoms. The summed E-state index contributed by atoms with van der Waals surface area (Å²) in [6.45, 7) is 4.05. The minimum atomic E-state index is 0.557. The van der Waals surface area contributed by atoms with E-state index >= 15 is 0 Å². The predicted molar refractivity (Wildman–Crippen MR) is 49.1 cm³/mol. The Hall–Kier alpha value is 0.270. The minimum absolute atomic E-state index is 0.557. The molecule has 0 aromatic heterocycles. The zero-order valence-electron chi connectivity index (χ0n) is 5.11. The molecule has 0 unspecified atom stereocenters. The van der Waals surface area contributed by atoms with Gasteiger partial charge in [-0.15, -0.1) is 11.8 Å². The van der Waals surface area contributed by atoms with Gasteiger partial charge in [0.05, 0.1) is 6.54 Å². The van der Waals surface area contributed by atoms with Crippen LogP contribution in [0, 0.1) is 0 Å². The maximum atomic E-state index is 5.45. The van der Waals surface area contributed by atoms with Crippen molar-refractivity contribution in [2.45, 2.75) is 0 Å². The van der Waals surface area contributed by atoms with Crippen molar-refractivity contribution in [2.75, 3.05) is 12.8 Å². The molecule has 9 heavy (non-hydrogen) atoms. The molecule has 0 aliphatic carbocycles. The van der Waals surface area contributed by atoms with Crippen molar-refractivity contribution in [3.05, 3.63) is 11.6 Å². The Morgan fingerprint density at radius 3 is 2.78 bits per heavy atom. The van der Waals surface area contributed by atoms with E-state index in [2.05, 4.69) is 11.9 Å². The molecule has 0 saturated carbocycles. The molecule has 0 rings (SSSR count). The van der Waals surface area contributed by atoms with Crippen molar-refractivity contribution in [3.63, 3.8) is 0 Å². The van der Waals surface area contributed by atoms with Gasteiger partial charge >= 0.3 is 0 Å². The molecule has 0 aliphatic heterocycles. The highest BCUT2D eigenvalue weighted by Crippen LogP contribution is 1.97. The average molecular weight is 182 g/mol. The summed E-state index contributed by atoms with van der Waals surface area (Å²) in [7, 11) is 0. The molecule has 1 N–H and O–H groups in total. The van der Waals surface area contributed by atoms with E-state index in [1.165, 1.54) is 11.8 Å². The van der Waals surface area contributed by atoms with Gasteiger partial charge in [-0.05, 0) is 6.26 Å². The van der Waals surface area contributed by atoms with Crippen molar-refractivity contribution < 1.29 is 0 Å². The van der Waals surface area contributed by atoms with Gasteiger partial charge in [-0.25, -0.2) is 0 Å². The van der Waals surface area contributed by atoms with Gasteiger partial charge in [0.1, 0.15) is 4.32 Å². The zero-order chi connectivity index (χ0) is 7.28. The van der Waals surface area contributed by atoms with E-state index in [4.69, 9.17) is 23.8 Å². The van der Waals surface area contributed by atoms with Gasteiger partial charge < -0.3 is 5.32 Å². The minimum Gasteiger partial charge on any atom is -0.366 e. The second kappa shape index (κ2) is 5.09. The van der Waals surface area contributed by atoms with Crippen LogP contribution in [0.1, 0.15) is 0 Å². The number of hydrogen-bond acceptors (Lipinski definition) is 2. The van der Waals surface area contributed by atoms with Crippen LogP contribution in [0.2, 0.25) is 0 Å². The third-order valence-corrected chi connectivity index (χ3v) is 1.90. The Kier molecular flexibility index (Phi) is 5.24. The fraction of sp³-hybridized carbons (Fsp3) is 0.400. The highest BCUT2D eigenvalue weighted by molar-refractivity contribution is 8.22. The quantitative estimate of drug-likeness (QED) is 0.655. The number of thiocarbonyl (C=S) groups is 1. The summed E-state index contributed by atoms with van der Waals surface area (Å²) in [5.74, 6) is 0. The first-order valence-corrected chi connectivity index (χ1v) is 4.33. The van der Waals surface area contributed by atoms with Gasteiger partial charge in [0, 0.05) is 5.03 Å². The molecule has 0 aliphatic rings. The number of thioether (sulfide) groups is 1. The van der Waals surface area contributed by atoms with E-state index in [-0.39, 0.29) is 0 Å². The van der Waals surface area contributed by atoms with Crippen LogP contribution in [0.15, 0.2) is 11.6 Å². The van der Waals surface area contributed by atoms with Crippen LogP contribution in [-0.2, 0) is 0 Å². The molecule has 0 atom stereocenters. The van der Waals surface area contributed by atoms with Gasteiger partial charge in [-0.2, -0.15) is 0 Å². The Morgan fingerprint density at radius 2 is 2.44 bits per heavy atom. The van der Waals surface area contributed by atoms with E-state index in [9.17, 15) is 0 Å². The van der Waals surface area contributed by atoms with Crippen LogP contribution in [0.25, 0.3) is 0 Å². The van der Waals surface area contributed by atoms with Crippen molar-refractivity contribution >= 4 is 39.9 Å². The lowest BCUT2D eigenvalue weighted by Gasteiger charge is -2.01. The molecule has 0 spiro atoms. The summed E-state index contributed by atoms with van der Waals surface area (Å²) < 4.78 is 0.747. The maximum absolute atomic E-state index is 5.45. The third kappa shape index (κ3) is 6.15. The average Bonchev–Trinajstić information content (AvgIpc) is 1.83. The first kappa shape index (κ1) is 9.27.